The van der Waals surface area contributed by atoms with Gasteiger partial charge in [-0.1, -0.05) is 42.4 Å². The average Bonchev–Trinajstić information content (AvgIpc) is 3.24. The van der Waals surface area contributed by atoms with E-state index in [1.54, 1.807) is 31.4 Å². The van der Waals surface area contributed by atoms with Gasteiger partial charge in [0.25, 0.3) is 11.1 Å². The fraction of sp³-hybridized carbons (Fsp3) is 0.217. The van der Waals surface area contributed by atoms with Gasteiger partial charge >= 0.3 is 0 Å². The number of nitrogens with zero attached hydrogens (tertiary/aromatic N) is 3. The number of carbonyl (C=O) groups excluding carboxylic acids is 1. The number of aryl methyl sites for hydroxylation is 2. The Morgan fingerprint density at radius 1 is 1.19 bits per heavy atom. The van der Waals surface area contributed by atoms with Gasteiger partial charge in [0.1, 0.15) is 17.0 Å². The normalized spacial score (nSPS) is 10.9. The van der Waals surface area contributed by atoms with Crippen molar-refractivity contribution in [3.05, 3.63) is 70.8 Å². The lowest BCUT2D eigenvalue weighted by atomic mass is 10.1. The van der Waals surface area contributed by atoms with Crippen molar-refractivity contribution in [3.8, 4) is 17.0 Å². The van der Waals surface area contributed by atoms with E-state index in [4.69, 9.17) is 9.26 Å². The zero-order chi connectivity index (χ0) is 21.8. The van der Waals surface area contributed by atoms with Gasteiger partial charge in [0.2, 0.25) is 5.91 Å². The molecule has 0 saturated heterocycles. The van der Waals surface area contributed by atoms with Gasteiger partial charge in [0, 0.05) is 30.3 Å². The summed E-state index contributed by atoms with van der Waals surface area (Å²) in [5.74, 6) is 0.420. The molecule has 2 heterocycles. The molecule has 8 nitrogen and oxygen atoms in total. The van der Waals surface area contributed by atoms with Gasteiger partial charge < -0.3 is 14.6 Å². The Hall–Kier alpha value is -3.94. The van der Waals surface area contributed by atoms with Crippen molar-refractivity contribution in [1.29, 1.82) is 0 Å². The first kappa shape index (κ1) is 20.3. The maximum Gasteiger partial charge on any atom is 0.299 e. The van der Waals surface area contributed by atoms with Crippen molar-refractivity contribution in [2.45, 2.75) is 26.3 Å². The predicted octanol–water partition coefficient (Wildman–Crippen LogP) is 3.65. The van der Waals surface area contributed by atoms with E-state index in [-0.39, 0.29) is 30.0 Å². The first-order valence-electron chi connectivity index (χ1n) is 9.97. The first-order valence-corrected chi connectivity index (χ1v) is 9.97. The number of aromatic nitrogens is 3. The molecule has 4 aromatic rings. The van der Waals surface area contributed by atoms with Crippen molar-refractivity contribution < 1.29 is 14.1 Å². The van der Waals surface area contributed by atoms with Crippen LogP contribution in [0.15, 0.2) is 64.2 Å². The number of amides is 1. The molecule has 4 rings (SSSR count). The maximum absolute atomic E-state index is 12.8. The van der Waals surface area contributed by atoms with Crippen LogP contribution < -0.4 is 15.6 Å². The Morgan fingerprint density at radius 2 is 2.00 bits per heavy atom. The van der Waals surface area contributed by atoms with Gasteiger partial charge in [-0.05, 0) is 24.1 Å². The van der Waals surface area contributed by atoms with Crippen LogP contribution in [0, 0.1) is 0 Å². The smallest absolute Gasteiger partial charge is 0.299 e. The lowest BCUT2D eigenvalue weighted by molar-refractivity contribution is -0.116. The number of ether oxygens (including phenoxy) is 1. The molecule has 0 saturated carbocycles. The van der Waals surface area contributed by atoms with Crippen LogP contribution in [0.3, 0.4) is 0 Å². The van der Waals surface area contributed by atoms with Crippen LogP contribution in [0.4, 0.5) is 5.69 Å². The van der Waals surface area contributed by atoms with Gasteiger partial charge in [-0.15, -0.1) is 0 Å². The Labute approximate surface area is 178 Å². The molecule has 8 heteroatoms. The molecule has 0 aliphatic rings. The van der Waals surface area contributed by atoms with Gasteiger partial charge in [0.05, 0.1) is 13.4 Å². The quantitative estimate of drug-likeness (QED) is 0.492. The molecule has 2 aromatic carbocycles. The van der Waals surface area contributed by atoms with Crippen LogP contribution in [0.5, 0.6) is 5.75 Å². The first-order chi connectivity index (χ1) is 15.1. The summed E-state index contributed by atoms with van der Waals surface area (Å²) in [6.45, 7) is 2.25. The minimum Gasteiger partial charge on any atom is -0.497 e. The molecule has 0 spiro atoms. The average molecular weight is 418 g/mol. The summed E-state index contributed by atoms with van der Waals surface area (Å²) < 4.78 is 11.8. The predicted molar refractivity (Wildman–Crippen MR) is 117 cm³/mol. The highest BCUT2D eigenvalue weighted by Gasteiger charge is 2.17. The number of benzene rings is 2. The Kier molecular flexibility index (Phi) is 5.79. The Morgan fingerprint density at radius 3 is 2.74 bits per heavy atom. The van der Waals surface area contributed by atoms with Crippen LogP contribution in [0.25, 0.3) is 22.4 Å². The minimum atomic E-state index is -0.372. The summed E-state index contributed by atoms with van der Waals surface area (Å²) in [4.78, 5) is 29.4. The summed E-state index contributed by atoms with van der Waals surface area (Å²) in [6, 6.07) is 15.0. The number of carbonyl (C=O) groups is 1. The zero-order valence-corrected chi connectivity index (χ0v) is 17.3. The fourth-order valence-corrected chi connectivity index (χ4v) is 3.25. The fourth-order valence-electron chi connectivity index (χ4n) is 3.25. The van der Waals surface area contributed by atoms with E-state index in [1.165, 1.54) is 16.5 Å². The summed E-state index contributed by atoms with van der Waals surface area (Å²) in [5.41, 5.74) is 3.30. The third-order valence-electron chi connectivity index (χ3n) is 5.02. The second-order valence-electron chi connectivity index (χ2n) is 7.03. The number of rotatable bonds is 7. The van der Waals surface area contributed by atoms with Crippen molar-refractivity contribution in [3.63, 3.8) is 0 Å². The Bertz CT molecular complexity index is 1270. The van der Waals surface area contributed by atoms with E-state index in [0.29, 0.717) is 22.6 Å². The van der Waals surface area contributed by atoms with Gasteiger partial charge in [0.15, 0.2) is 0 Å². The Balaban J connectivity index is 1.49. The summed E-state index contributed by atoms with van der Waals surface area (Å²) >= 11 is 0. The third-order valence-corrected chi connectivity index (χ3v) is 5.02. The number of nitrogens with one attached hydrogen (secondary N) is 1. The maximum atomic E-state index is 12.8. The molecule has 0 aliphatic heterocycles. The van der Waals surface area contributed by atoms with Crippen LogP contribution >= 0.6 is 0 Å². The number of hydrogen-bond donors (Lipinski definition) is 1. The largest absolute Gasteiger partial charge is 0.497 e. The van der Waals surface area contributed by atoms with Gasteiger partial charge in [-0.3, -0.25) is 14.2 Å². The standard InChI is InChI=1S/C23H22N4O4/c1-3-15-7-9-16(10-8-15)20-21-22(31-26-20)23(29)27(14-24-21)12-11-19(28)25-17-5-4-6-18(13-17)30-2/h4-10,13-14H,3,11-12H2,1-2H3,(H,25,28). The van der Waals surface area contributed by atoms with Crippen molar-refractivity contribution in [2.24, 2.45) is 0 Å². The van der Waals surface area contributed by atoms with E-state index in [0.717, 1.165) is 12.0 Å². The van der Waals surface area contributed by atoms with E-state index in [1.807, 2.05) is 24.3 Å². The number of methoxy groups -OCH3 is 1. The number of anilines is 1. The minimum absolute atomic E-state index is 0.0743. The molecular weight excluding hydrogens is 396 g/mol. The molecule has 0 atom stereocenters. The monoisotopic (exact) mass is 418 g/mol. The molecule has 0 fully saturated rings. The van der Waals surface area contributed by atoms with Crippen LogP contribution in [-0.2, 0) is 17.8 Å². The molecule has 0 bridgehead atoms. The lowest BCUT2D eigenvalue weighted by Crippen LogP contribution is -2.23. The van der Waals surface area contributed by atoms with Crippen molar-refractivity contribution in [2.75, 3.05) is 12.4 Å². The van der Waals surface area contributed by atoms with Crippen LogP contribution in [0.2, 0.25) is 0 Å². The molecule has 31 heavy (non-hydrogen) atoms. The number of fused-ring (bicyclic) bond motifs is 1. The molecule has 2 aromatic heterocycles. The second-order valence-corrected chi connectivity index (χ2v) is 7.03. The van der Waals surface area contributed by atoms with Crippen LogP contribution in [-0.4, -0.2) is 27.7 Å². The van der Waals surface area contributed by atoms with Gasteiger partial charge in [-0.2, -0.15) is 0 Å². The molecular formula is C23H22N4O4. The third kappa shape index (κ3) is 4.32. The summed E-state index contributed by atoms with van der Waals surface area (Å²) in [6.07, 6.45) is 2.46. The number of hydrogen-bond acceptors (Lipinski definition) is 6. The highest BCUT2D eigenvalue weighted by atomic mass is 16.5. The van der Waals surface area contributed by atoms with E-state index in [9.17, 15) is 9.59 Å². The molecule has 0 radical (unpaired) electrons. The highest BCUT2D eigenvalue weighted by molar-refractivity contribution is 5.91. The highest BCUT2D eigenvalue weighted by Crippen LogP contribution is 2.25. The lowest BCUT2D eigenvalue weighted by Gasteiger charge is -2.08. The van der Waals surface area contributed by atoms with Crippen molar-refractivity contribution >= 4 is 22.7 Å². The summed E-state index contributed by atoms with van der Waals surface area (Å²) in [5, 5.41) is 6.84. The van der Waals surface area contributed by atoms with Crippen LogP contribution in [0.1, 0.15) is 18.9 Å². The van der Waals surface area contributed by atoms with E-state index in [2.05, 4.69) is 22.4 Å². The SMILES string of the molecule is CCc1ccc(-c2noc3c(=O)n(CCC(=O)Nc4cccc(OC)c4)cnc23)cc1. The molecule has 1 N–H and O–H groups in total. The molecule has 158 valence electrons. The van der Waals surface area contributed by atoms with E-state index < -0.39 is 0 Å². The molecule has 1 amide bonds. The second kappa shape index (κ2) is 8.83. The molecule has 0 unspecified atom stereocenters. The van der Waals surface area contributed by atoms with Gasteiger partial charge in [-0.25, -0.2) is 4.98 Å². The van der Waals surface area contributed by atoms with E-state index >= 15 is 0 Å². The topological polar surface area (TPSA) is 99.2 Å². The zero-order valence-electron chi connectivity index (χ0n) is 17.3. The van der Waals surface area contributed by atoms with Crippen molar-refractivity contribution in [1.82, 2.24) is 14.7 Å². The summed E-state index contributed by atoms with van der Waals surface area (Å²) in [7, 11) is 1.56. The molecule has 0 aliphatic carbocycles.